The summed E-state index contributed by atoms with van der Waals surface area (Å²) in [4.78, 5) is 16.0. The van der Waals surface area contributed by atoms with Crippen molar-refractivity contribution in [1.82, 2.24) is 19.8 Å². The molecule has 1 amide bonds. The summed E-state index contributed by atoms with van der Waals surface area (Å²) in [5.41, 5.74) is 0.916. The van der Waals surface area contributed by atoms with Gasteiger partial charge in [-0.25, -0.2) is 4.68 Å². The van der Waals surface area contributed by atoms with Gasteiger partial charge < -0.3 is 15.5 Å². The number of nitrogens with zero attached hydrogens (tertiary/aromatic N) is 4. The van der Waals surface area contributed by atoms with E-state index in [4.69, 9.17) is 10.6 Å². The van der Waals surface area contributed by atoms with E-state index in [0.29, 0.717) is 37.3 Å². The van der Waals surface area contributed by atoms with Crippen LogP contribution in [0, 0.1) is 0 Å². The molecule has 1 unspecified atom stereocenters. The van der Waals surface area contributed by atoms with Crippen LogP contribution < -0.4 is 5.84 Å². The summed E-state index contributed by atoms with van der Waals surface area (Å²) >= 11 is 2.87. The highest BCUT2D eigenvalue weighted by Gasteiger charge is 2.30. The molecule has 3 aromatic rings. The van der Waals surface area contributed by atoms with Gasteiger partial charge in [0.05, 0.1) is 18.1 Å². The molecule has 0 bridgehead atoms. The Morgan fingerprint density at radius 2 is 1.93 bits per heavy atom. The van der Waals surface area contributed by atoms with Crippen molar-refractivity contribution in [2.75, 3.05) is 32.1 Å². The second kappa shape index (κ2) is 8.12. The number of benzene rings is 1. The highest BCUT2D eigenvalue weighted by atomic mass is 32.2. The zero-order valence-electron chi connectivity index (χ0n) is 14.5. The summed E-state index contributed by atoms with van der Waals surface area (Å²) in [5.74, 6) is 6.86. The van der Waals surface area contributed by atoms with Crippen molar-refractivity contribution in [3.05, 3.63) is 53.4 Å². The van der Waals surface area contributed by atoms with E-state index in [2.05, 4.69) is 10.2 Å². The van der Waals surface area contributed by atoms with E-state index in [1.165, 1.54) is 16.4 Å². The first-order chi connectivity index (χ1) is 13.2. The Balaban J connectivity index is 1.63. The molecule has 27 heavy (non-hydrogen) atoms. The van der Waals surface area contributed by atoms with Gasteiger partial charge in [0.1, 0.15) is 5.25 Å². The summed E-state index contributed by atoms with van der Waals surface area (Å²) in [6.45, 7) is 2.32. The minimum atomic E-state index is -0.438. The Labute approximate surface area is 165 Å². The van der Waals surface area contributed by atoms with E-state index in [1.54, 1.807) is 11.3 Å². The highest BCUT2D eigenvalue weighted by molar-refractivity contribution is 8.00. The van der Waals surface area contributed by atoms with Gasteiger partial charge >= 0.3 is 0 Å². The first-order valence-corrected chi connectivity index (χ1v) is 10.3. The van der Waals surface area contributed by atoms with Crippen molar-refractivity contribution in [2.45, 2.75) is 10.4 Å². The van der Waals surface area contributed by atoms with Gasteiger partial charge in [0.25, 0.3) is 0 Å². The zero-order valence-corrected chi connectivity index (χ0v) is 16.2. The highest BCUT2D eigenvalue weighted by Crippen LogP contribution is 2.37. The third kappa shape index (κ3) is 3.85. The van der Waals surface area contributed by atoms with Gasteiger partial charge in [-0.2, -0.15) is 0 Å². The number of thiophene rings is 1. The van der Waals surface area contributed by atoms with Crippen LogP contribution >= 0.6 is 23.1 Å². The van der Waals surface area contributed by atoms with Crippen LogP contribution in [0.1, 0.15) is 10.8 Å². The standard InChI is InChI=1S/C18H19N5O2S2/c19-23-16(14-7-4-12-26-14)20-21-18(23)27-15(13-5-2-1-3-6-13)17(24)22-8-10-25-11-9-22/h1-7,12,15H,8-11,19H2. The Hall–Kier alpha value is -2.36. The maximum Gasteiger partial charge on any atom is 0.240 e. The van der Waals surface area contributed by atoms with Gasteiger partial charge in [0.2, 0.25) is 11.1 Å². The van der Waals surface area contributed by atoms with Crippen LogP contribution in [0.3, 0.4) is 0 Å². The SMILES string of the molecule is Nn1c(SC(C(=O)N2CCOCC2)c2ccccc2)nnc1-c1cccs1. The predicted octanol–water partition coefficient (Wildman–Crippen LogP) is 2.41. The van der Waals surface area contributed by atoms with Gasteiger partial charge in [-0.3, -0.25) is 4.79 Å². The fraction of sp³-hybridized carbons (Fsp3) is 0.278. The lowest BCUT2D eigenvalue weighted by Crippen LogP contribution is -2.42. The molecule has 1 fully saturated rings. The van der Waals surface area contributed by atoms with Crippen molar-refractivity contribution in [2.24, 2.45) is 0 Å². The predicted molar refractivity (Wildman–Crippen MR) is 106 cm³/mol. The van der Waals surface area contributed by atoms with Crippen LogP contribution in [0.2, 0.25) is 0 Å². The number of nitrogens with two attached hydrogens (primary N) is 1. The van der Waals surface area contributed by atoms with E-state index < -0.39 is 5.25 Å². The third-order valence-corrected chi connectivity index (χ3v) is 6.34. The molecule has 140 valence electrons. The molecule has 1 saturated heterocycles. The second-order valence-electron chi connectivity index (χ2n) is 6.00. The molecule has 0 spiro atoms. The Morgan fingerprint density at radius 3 is 2.63 bits per heavy atom. The van der Waals surface area contributed by atoms with Crippen LogP contribution in [0.25, 0.3) is 10.7 Å². The fourth-order valence-corrected chi connectivity index (χ4v) is 4.62. The number of thioether (sulfide) groups is 1. The van der Waals surface area contributed by atoms with Crippen LogP contribution in [0.5, 0.6) is 0 Å². The molecule has 1 aliphatic rings. The van der Waals surface area contributed by atoms with Crippen molar-refractivity contribution < 1.29 is 9.53 Å². The first kappa shape index (κ1) is 18.0. The van der Waals surface area contributed by atoms with Crippen molar-refractivity contribution in [3.63, 3.8) is 0 Å². The summed E-state index contributed by atoms with van der Waals surface area (Å²) in [7, 11) is 0. The Kier molecular flexibility index (Phi) is 5.42. The molecule has 2 N–H and O–H groups in total. The smallest absolute Gasteiger partial charge is 0.240 e. The maximum atomic E-state index is 13.2. The molecule has 7 nitrogen and oxygen atoms in total. The Morgan fingerprint density at radius 1 is 1.15 bits per heavy atom. The van der Waals surface area contributed by atoms with E-state index in [1.807, 2.05) is 52.7 Å². The molecular weight excluding hydrogens is 382 g/mol. The maximum absolute atomic E-state index is 13.2. The van der Waals surface area contributed by atoms with Crippen molar-refractivity contribution >= 4 is 29.0 Å². The number of carbonyl (C=O) groups is 1. The van der Waals surface area contributed by atoms with Crippen LogP contribution in [-0.2, 0) is 9.53 Å². The number of rotatable bonds is 5. The molecule has 4 rings (SSSR count). The topological polar surface area (TPSA) is 86.3 Å². The van der Waals surface area contributed by atoms with Gasteiger partial charge in [-0.05, 0) is 17.0 Å². The summed E-state index contributed by atoms with van der Waals surface area (Å²) in [5, 5.41) is 10.5. The number of aromatic nitrogens is 3. The quantitative estimate of drug-likeness (QED) is 0.522. The van der Waals surface area contributed by atoms with Crippen molar-refractivity contribution in [1.29, 1.82) is 0 Å². The largest absolute Gasteiger partial charge is 0.378 e. The average molecular weight is 402 g/mol. The zero-order chi connectivity index (χ0) is 18.6. The molecule has 0 aliphatic carbocycles. The lowest BCUT2D eigenvalue weighted by Gasteiger charge is -2.30. The molecule has 0 radical (unpaired) electrons. The molecule has 1 aliphatic heterocycles. The van der Waals surface area contributed by atoms with Crippen LogP contribution in [0.4, 0.5) is 0 Å². The molecule has 0 saturated carbocycles. The van der Waals surface area contributed by atoms with Gasteiger partial charge in [0.15, 0.2) is 5.82 Å². The summed E-state index contributed by atoms with van der Waals surface area (Å²) in [6.07, 6.45) is 0. The normalized spacial score (nSPS) is 15.6. The first-order valence-electron chi connectivity index (χ1n) is 8.56. The molecule has 1 atom stereocenters. The van der Waals surface area contributed by atoms with Gasteiger partial charge in [0, 0.05) is 13.1 Å². The third-order valence-electron chi connectivity index (χ3n) is 4.28. The van der Waals surface area contributed by atoms with E-state index in [0.717, 1.165) is 10.4 Å². The minimum Gasteiger partial charge on any atom is -0.378 e. The number of ether oxygens (including phenoxy) is 1. The molecule has 1 aromatic carbocycles. The molecular formula is C18H19N5O2S2. The number of amides is 1. The molecule has 9 heteroatoms. The number of morpholine rings is 1. The summed E-state index contributed by atoms with van der Waals surface area (Å²) < 4.78 is 6.83. The van der Waals surface area contributed by atoms with E-state index in [9.17, 15) is 4.79 Å². The lowest BCUT2D eigenvalue weighted by molar-refractivity contribution is -0.134. The number of hydrogen-bond donors (Lipinski definition) is 1. The van der Waals surface area contributed by atoms with E-state index in [-0.39, 0.29) is 5.91 Å². The lowest BCUT2D eigenvalue weighted by atomic mass is 10.1. The van der Waals surface area contributed by atoms with Crippen molar-refractivity contribution in [3.8, 4) is 10.7 Å². The van der Waals surface area contributed by atoms with Gasteiger partial charge in [-0.1, -0.05) is 48.2 Å². The van der Waals surface area contributed by atoms with E-state index >= 15 is 0 Å². The Bertz CT molecular complexity index is 892. The second-order valence-corrected chi connectivity index (χ2v) is 8.02. The monoisotopic (exact) mass is 401 g/mol. The van der Waals surface area contributed by atoms with Crippen LogP contribution in [0.15, 0.2) is 53.0 Å². The fourth-order valence-electron chi connectivity index (χ4n) is 2.88. The summed E-state index contributed by atoms with van der Waals surface area (Å²) in [6, 6.07) is 13.6. The minimum absolute atomic E-state index is 0.0372. The number of hydrogen-bond acceptors (Lipinski definition) is 7. The number of nitrogen functional groups attached to an aromatic ring is 1. The van der Waals surface area contributed by atoms with Crippen LogP contribution in [-0.4, -0.2) is 52.0 Å². The van der Waals surface area contributed by atoms with Gasteiger partial charge in [-0.15, -0.1) is 21.5 Å². The molecule has 2 aromatic heterocycles. The number of carbonyl (C=O) groups excluding carboxylic acids is 1. The molecule has 3 heterocycles. The average Bonchev–Trinajstić information content (AvgIpc) is 3.37.